The Balaban J connectivity index is 2.14. The molecule has 3 heteroatoms. The summed E-state index contributed by atoms with van der Waals surface area (Å²) in [6.45, 7) is 1.38. The van der Waals surface area contributed by atoms with Crippen molar-refractivity contribution in [1.82, 2.24) is 10.3 Å². The van der Waals surface area contributed by atoms with E-state index in [2.05, 4.69) is 22.1 Å². The van der Waals surface area contributed by atoms with Gasteiger partial charge in [0.1, 0.15) is 11.3 Å². The third kappa shape index (κ3) is 2.11. The van der Waals surface area contributed by atoms with Crippen LogP contribution in [0, 0.1) is 11.8 Å². The van der Waals surface area contributed by atoms with Crippen LogP contribution in [0.25, 0.3) is 0 Å². The van der Waals surface area contributed by atoms with E-state index in [1.807, 2.05) is 18.2 Å². The molecule has 1 aromatic heterocycles. The zero-order valence-electron chi connectivity index (χ0n) is 7.83. The summed E-state index contributed by atoms with van der Waals surface area (Å²) in [7, 11) is 0. The normalized spacial score (nSPS) is 25.5. The predicted molar refractivity (Wildman–Crippen MR) is 53.6 cm³/mol. The Kier molecular flexibility index (Phi) is 2.49. The Hall–Kier alpha value is -1.37. The van der Waals surface area contributed by atoms with Gasteiger partial charge in [-0.2, -0.15) is 0 Å². The summed E-state index contributed by atoms with van der Waals surface area (Å²) < 4.78 is 0. The third-order valence-corrected chi connectivity index (χ3v) is 2.22. The predicted octanol–water partition coefficient (Wildman–Crippen LogP) is 0.157. The Morgan fingerprint density at radius 1 is 1.50 bits per heavy atom. The maximum Gasteiger partial charge on any atom is 0.139 e. The van der Waals surface area contributed by atoms with Crippen molar-refractivity contribution >= 4 is 0 Å². The molecule has 2 rings (SSSR count). The van der Waals surface area contributed by atoms with Crippen molar-refractivity contribution in [3.63, 3.8) is 0 Å². The first kappa shape index (κ1) is 9.20. The molecule has 1 atom stereocenters. The van der Waals surface area contributed by atoms with Gasteiger partial charge in [-0.25, -0.2) is 4.98 Å². The summed E-state index contributed by atoms with van der Waals surface area (Å²) in [5.74, 6) is 5.73. The summed E-state index contributed by atoms with van der Waals surface area (Å²) in [5, 5.41) is 13.0. The molecule has 0 spiro atoms. The van der Waals surface area contributed by atoms with Gasteiger partial charge in [0, 0.05) is 19.2 Å². The standard InChI is InChI=1S/C11H12N2O/c14-11(6-8-12-9-11)5-4-10-3-1-2-7-13-10/h1-3,7,12,14H,6,8-9H2. The first-order chi connectivity index (χ1) is 6.79. The fraction of sp³-hybridized carbons (Fsp3) is 0.364. The van der Waals surface area contributed by atoms with Crippen molar-refractivity contribution < 1.29 is 5.11 Å². The van der Waals surface area contributed by atoms with Gasteiger partial charge in [-0.3, -0.25) is 0 Å². The van der Waals surface area contributed by atoms with E-state index in [0.717, 1.165) is 6.54 Å². The highest BCUT2D eigenvalue weighted by Crippen LogP contribution is 2.12. The van der Waals surface area contributed by atoms with Crippen LogP contribution in [0.15, 0.2) is 24.4 Å². The van der Waals surface area contributed by atoms with Crippen LogP contribution in [0.5, 0.6) is 0 Å². The van der Waals surface area contributed by atoms with Gasteiger partial charge in [-0.05, 0) is 24.6 Å². The highest BCUT2D eigenvalue weighted by atomic mass is 16.3. The number of pyridine rings is 1. The van der Waals surface area contributed by atoms with E-state index >= 15 is 0 Å². The van der Waals surface area contributed by atoms with Crippen LogP contribution in [0.3, 0.4) is 0 Å². The molecule has 0 amide bonds. The van der Waals surface area contributed by atoms with Gasteiger partial charge in [-0.15, -0.1) is 0 Å². The number of β-amino-alcohol motifs (C(OH)–C–C–N with tert-alkyl or cyclic N) is 1. The van der Waals surface area contributed by atoms with Crippen LogP contribution in [0.4, 0.5) is 0 Å². The minimum Gasteiger partial charge on any atom is -0.376 e. The summed E-state index contributed by atoms with van der Waals surface area (Å²) in [5.41, 5.74) is -0.162. The molecule has 0 saturated carbocycles. The van der Waals surface area contributed by atoms with Gasteiger partial charge in [0.25, 0.3) is 0 Å². The number of nitrogens with zero attached hydrogens (tertiary/aromatic N) is 1. The fourth-order valence-corrected chi connectivity index (χ4v) is 1.40. The molecule has 3 nitrogen and oxygen atoms in total. The fourth-order valence-electron chi connectivity index (χ4n) is 1.40. The van der Waals surface area contributed by atoms with Gasteiger partial charge in [0.05, 0.1) is 0 Å². The lowest BCUT2D eigenvalue weighted by molar-refractivity contribution is 0.124. The van der Waals surface area contributed by atoms with Gasteiger partial charge in [0.2, 0.25) is 0 Å². The van der Waals surface area contributed by atoms with E-state index in [9.17, 15) is 5.11 Å². The number of hydrogen-bond acceptors (Lipinski definition) is 3. The Bertz CT molecular complexity index is 358. The second kappa shape index (κ2) is 3.79. The number of hydrogen-bond donors (Lipinski definition) is 2. The molecular formula is C11H12N2O. The van der Waals surface area contributed by atoms with E-state index < -0.39 is 5.60 Å². The Morgan fingerprint density at radius 3 is 3.07 bits per heavy atom. The van der Waals surface area contributed by atoms with Crippen molar-refractivity contribution in [3.8, 4) is 11.8 Å². The van der Waals surface area contributed by atoms with E-state index in [1.54, 1.807) is 6.20 Å². The molecule has 0 radical (unpaired) electrons. The lowest BCUT2D eigenvalue weighted by atomic mass is 10.0. The highest BCUT2D eigenvalue weighted by molar-refractivity contribution is 5.31. The molecule has 1 unspecified atom stereocenters. The molecule has 0 aliphatic carbocycles. The minimum atomic E-state index is -0.864. The molecule has 1 aliphatic rings. The number of aliphatic hydroxyl groups is 1. The highest BCUT2D eigenvalue weighted by Gasteiger charge is 2.28. The molecule has 1 saturated heterocycles. The van der Waals surface area contributed by atoms with Gasteiger partial charge in [0.15, 0.2) is 0 Å². The van der Waals surface area contributed by atoms with Gasteiger partial charge >= 0.3 is 0 Å². The topological polar surface area (TPSA) is 45.2 Å². The van der Waals surface area contributed by atoms with Crippen molar-refractivity contribution in [2.24, 2.45) is 0 Å². The van der Waals surface area contributed by atoms with Crippen molar-refractivity contribution in [1.29, 1.82) is 0 Å². The quantitative estimate of drug-likeness (QED) is 0.570. The van der Waals surface area contributed by atoms with Crippen LogP contribution >= 0.6 is 0 Å². The van der Waals surface area contributed by atoms with Gasteiger partial charge in [-0.1, -0.05) is 12.0 Å². The average Bonchev–Trinajstić information content (AvgIpc) is 2.65. The Labute approximate surface area is 83.2 Å². The lowest BCUT2D eigenvalue weighted by Crippen LogP contribution is -2.29. The van der Waals surface area contributed by atoms with Crippen molar-refractivity contribution in [3.05, 3.63) is 30.1 Å². The maximum absolute atomic E-state index is 9.89. The molecule has 2 N–H and O–H groups in total. The summed E-state index contributed by atoms with van der Waals surface area (Å²) in [6, 6.07) is 5.56. The number of nitrogens with one attached hydrogen (secondary N) is 1. The average molecular weight is 188 g/mol. The first-order valence-corrected chi connectivity index (χ1v) is 4.66. The van der Waals surface area contributed by atoms with Crippen LogP contribution in [0.1, 0.15) is 12.1 Å². The van der Waals surface area contributed by atoms with Crippen LogP contribution in [-0.4, -0.2) is 28.8 Å². The van der Waals surface area contributed by atoms with E-state index in [1.165, 1.54) is 0 Å². The molecule has 2 heterocycles. The molecule has 72 valence electrons. The lowest BCUT2D eigenvalue weighted by Gasteiger charge is -2.11. The van der Waals surface area contributed by atoms with Gasteiger partial charge < -0.3 is 10.4 Å². The zero-order chi connectivity index (χ0) is 9.86. The van der Waals surface area contributed by atoms with Crippen LogP contribution in [0.2, 0.25) is 0 Å². The zero-order valence-corrected chi connectivity index (χ0v) is 7.83. The van der Waals surface area contributed by atoms with E-state index in [0.29, 0.717) is 18.7 Å². The molecule has 1 aromatic rings. The molecule has 0 bridgehead atoms. The van der Waals surface area contributed by atoms with Crippen LogP contribution < -0.4 is 5.32 Å². The second-order valence-corrected chi connectivity index (χ2v) is 3.42. The maximum atomic E-state index is 9.89. The Morgan fingerprint density at radius 2 is 2.43 bits per heavy atom. The largest absolute Gasteiger partial charge is 0.376 e. The van der Waals surface area contributed by atoms with Crippen molar-refractivity contribution in [2.45, 2.75) is 12.0 Å². The first-order valence-electron chi connectivity index (χ1n) is 4.66. The SMILES string of the molecule is OC1(C#Cc2ccccn2)CCNC1. The van der Waals surface area contributed by atoms with E-state index in [-0.39, 0.29) is 0 Å². The second-order valence-electron chi connectivity index (χ2n) is 3.42. The van der Waals surface area contributed by atoms with E-state index in [4.69, 9.17) is 0 Å². The molecule has 0 aromatic carbocycles. The molecular weight excluding hydrogens is 176 g/mol. The number of aromatic nitrogens is 1. The number of rotatable bonds is 0. The third-order valence-electron chi connectivity index (χ3n) is 2.22. The molecule has 1 fully saturated rings. The monoisotopic (exact) mass is 188 g/mol. The molecule has 1 aliphatic heterocycles. The smallest absolute Gasteiger partial charge is 0.139 e. The summed E-state index contributed by atoms with van der Waals surface area (Å²) >= 11 is 0. The summed E-state index contributed by atoms with van der Waals surface area (Å²) in [4.78, 5) is 4.07. The minimum absolute atomic E-state index is 0.548. The van der Waals surface area contributed by atoms with Crippen molar-refractivity contribution in [2.75, 3.05) is 13.1 Å². The summed E-state index contributed by atoms with van der Waals surface area (Å²) in [6.07, 6.45) is 2.38. The molecule has 14 heavy (non-hydrogen) atoms. The van der Waals surface area contributed by atoms with Crippen LogP contribution in [-0.2, 0) is 0 Å².